The van der Waals surface area contributed by atoms with E-state index in [1.807, 2.05) is 0 Å². The Labute approximate surface area is 87.4 Å². The Kier molecular flexibility index (Phi) is 3.65. The van der Waals surface area contributed by atoms with Crippen LogP contribution in [-0.4, -0.2) is 41.9 Å². The van der Waals surface area contributed by atoms with Gasteiger partial charge >= 0.3 is 5.97 Å². The number of nitrogens with two attached hydrogens (primary N) is 1. The first-order valence-electron chi connectivity index (χ1n) is 4.78. The van der Waals surface area contributed by atoms with Crippen LogP contribution in [0.4, 0.5) is 0 Å². The lowest BCUT2D eigenvalue weighted by molar-refractivity contribution is -0.148. The molecule has 1 rings (SSSR count). The standard InChI is InChI=1S/C9H14N2O4/c1-2-9(14)15-6-3-8(13)11(4-6)5-7(10)12/h6H,2-5H2,1H3,(H2,10,12)/t6-/m1/s1. The number of carbonyl (C=O) groups is 3. The topological polar surface area (TPSA) is 89.7 Å². The van der Waals surface area contributed by atoms with Crippen LogP contribution in [-0.2, 0) is 19.1 Å². The highest BCUT2D eigenvalue weighted by Crippen LogP contribution is 2.14. The highest BCUT2D eigenvalue weighted by atomic mass is 16.5. The van der Waals surface area contributed by atoms with Gasteiger partial charge in [0.2, 0.25) is 11.8 Å². The van der Waals surface area contributed by atoms with Gasteiger partial charge in [-0.25, -0.2) is 0 Å². The summed E-state index contributed by atoms with van der Waals surface area (Å²) in [5.41, 5.74) is 4.97. The van der Waals surface area contributed by atoms with Crippen molar-refractivity contribution in [3.05, 3.63) is 0 Å². The van der Waals surface area contributed by atoms with Crippen LogP contribution >= 0.6 is 0 Å². The van der Waals surface area contributed by atoms with Crippen LogP contribution < -0.4 is 5.73 Å². The van der Waals surface area contributed by atoms with Crippen LogP contribution in [0.25, 0.3) is 0 Å². The normalized spacial score (nSPS) is 20.5. The van der Waals surface area contributed by atoms with Gasteiger partial charge in [-0.15, -0.1) is 0 Å². The summed E-state index contributed by atoms with van der Waals surface area (Å²) >= 11 is 0. The quantitative estimate of drug-likeness (QED) is 0.609. The van der Waals surface area contributed by atoms with E-state index in [2.05, 4.69) is 0 Å². The van der Waals surface area contributed by atoms with E-state index in [0.29, 0.717) is 0 Å². The molecule has 2 amide bonds. The molecule has 1 aliphatic heterocycles. The van der Waals surface area contributed by atoms with E-state index in [1.165, 1.54) is 4.90 Å². The Balaban J connectivity index is 2.45. The summed E-state index contributed by atoms with van der Waals surface area (Å²) in [4.78, 5) is 34.2. The first-order valence-corrected chi connectivity index (χ1v) is 4.78. The number of primary amides is 1. The summed E-state index contributed by atoms with van der Waals surface area (Å²) in [5.74, 6) is -1.11. The van der Waals surface area contributed by atoms with Gasteiger partial charge in [0.15, 0.2) is 0 Å². The fourth-order valence-corrected chi connectivity index (χ4v) is 1.43. The molecule has 2 N–H and O–H groups in total. The Morgan fingerprint density at radius 3 is 2.80 bits per heavy atom. The molecule has 15 heavy (non-hydrogen) atoms. The highest BCUT2D eigenvalue weighted by molar-refractivity contribution is 5.85. The number of nitrogens with zero attached hydrogens (tertiary/aromatic N) is 1. The second-order valence-corrected chi connectivity index (χ2v) is 3.41. The summed E-state index contributed by atoms with van der Waals surface area (Å²) in [6.07, 6.45) is -0.0243. The third kappa shape index (κ3) is 3.23. The number of likely N-dealkylation sites (tertiary alicyclic amines) is 1. The van der Waals surface area contributed by atoms with Gasteiger partial charge < -0.3 is 15.4 Å². The van der Waals surface area contributed by atoms with E-state index in [9.17, 15) is 14.4 Å². The van der Waals surface area contributed by atoms with Gasteiger partial charge in [-0.3, -0.25) is 14.4 Å². The third-order valence-electron chi connectivity index (χ3n) is 2.11. The predicted octanol–water partition coefficient (Wildman–Crippen LogP) is -0.974. The molecule has 0 aromatic rings. The number of rotatable bonds is 4. The SMILES string of the molecule is CCC(=O)O[C@@H]1CC(=O)N(CC(N)=O)C1. The minimum atomic E-state index is -0.564. The number of esters is 1. The molecule has 0 radical (unpaired) electrons. The summed E-state index contributed by atoms with van der Waals surface area (Å²) < 4.78 is 4.99. The van der Waals surface area contributed by atoms with Gasteiger partial charge in [0.1, 0.15) is 6.10 Å². The van der Waals surface area contributed by atoms with Gasteiger partial charge in [0.25, 0.3) is 0 Å². The maximum absolute atomic E-state index is 11.3. The van der Waals surface area contributed by atoms with E-state index in [0.717, 1.165) is 0 Å². The molecule has 0 unspecified atom stereocenters. The van der Waals surface area contributed by atoms with Gasteiger partial charge in [0, 0.05) is 6.42 Å². The van der Waals surface area contributed by atoms with Crippen LogP contribution in [0.1, 0.15) is 19.8 Å². The third-order valence-corrected chi connectivity index (χ3v) is 2.11. The van der Waals surface area contributed by atoms with Gasteiger partial charge in [-0.05, 0) is 0 Å². The fourth-order valence-electron chi connectivity index (χ4n) is 1.43. The molecule has 1 heterocycles. The number of hydrogen-bond acceptors (Lipinski definition) is 4. The zero-order chi connectivity index (χ0) is 11.4. The molecular weight excluding hydrogens is 200 g/mol. The lowest BCUT2D eigenvalue weighted by atomic mass is 10.3. The number of carbonyl (C=O) groups excluding carboxylic acids is 3. The molecule has 1 aliphatic rings. The molecule has 0 aromatic carbocycles. The summed E-state index contributed by atoms with van der Waals surface area (Å²) in [7, 11) is 0. The minimum absolute atomic E-state index is 0.112. The second kappa shape index (κ2) is 4.77. The highest BCUT2D eigenvalue weighted by Gasteiger charge is 2.32. The minimum Gasteiger partial charge on any atom is -0.460 e. The van der Waals surface area contributed by atoms with Crippen molar-refractivity contribution in [3.8, 4) is 0 Å². The average Bonchev–Trinajstić information content (AvgIpc) is 2.45. The van der Waals surface area contributed by atoms with Crippen LogP contribution in [0.5, 0.6) is 0 Å². The van der Waals surface area contributed by atoms with E-state index in [-0.39, 0.29) is 37.8 Å². The molecule has 0 aliphatic carbocycles. The summed E-state index contributed by atoms with van der Waals surface area (Å²) in [6.45, 7) is 1.83. The van der Waals surface area contributed by atoms with E-state index >= 15 is 0 Å². The summed E-state index contributed by atoms with van der Waals surface area (Å²) in [6, 6.07) is 0. The lowest BCUT2D eigenvalue weighted by Gasteiger charge is -2.14. The van der Waals surface area contributed by atoms with Crippen LogP contribution in [0.3, 0.4) is 0 Å². The molecule has 1 atom stereocenters. The van der Waals surface area contributed by atoms with Crippen LogP contribution in [0, 0.1) is 0 Å². The maximum atomic E-state index is 11.3. The van der Waals surface area contributed by atoms with Crippen molar-refractivity contribution >= 4 is 17.8 Å². The fraction of sp³-hybridized carbons (Fsp3) is 0.667. The van der Waals surface area contributed by atoms with E-state index < -0.39 is 12.0 Å². The Morgan fingerprint density at radius 2 is 2.27 bits per heavy atom. The second-order valence-electron chi connectivity index (χ2n) is 3.41. The zero-order valence-corrected chi connectivity index (χ0v) is 8.56. The van der Waals surface area contributed by atoms with Crippen molar-refractivity contribution in [2.75, 3.05) is 13.1 Å². The smallest absolute Gasteiger partial charge is 0.305 e. The molecule has 0 saturated carbocycles. The van der Waals surface area contributed by atoms with Crippen molar-refractivity contribution in [3.63, 3.8) is 0 Å². The molecule has 1 saturated heterocycles. The average molecular weight is 214 g/mol. The predicted molar refractivity (Wildman–Crippen MR) is 50.6 cm³/mol. The number of ether oxygens (including phenoxy) is 1. The molecule has 6 nitrogen and oxygen atoms in total. The van der Waals surface area contributed by atoms with Crippen molar-refractivity contribution in [2.24, 2.45) is 5.73 Å². The lowest BCUT2D eigenvalue weighted by Crippen LogP contribution is -2.35. The number of amides is 2. The largest absolute Gasteiger partial charge is 0.460 e. The Morgan fingerprint density at radius 1 is 1.60 bits per heavy atom. The Bertz CT molecular complexity index is 290. The monoisotopic (exact) mass is 214 g/mol. The van der Waals surface area contributed by atoms with Crippen molar-refractivity contribution in [1.29, 1.82) is 0 Å². The molecular formula is C9H14N2O4. The number of hydrogen-bond donors (Lipinski definition) is 1. The first kappa shape index (κ1) is 11.5. The molecule has 0 bridgehead atoms. The van der Waals surface area contributed by atoms with E-state index in [4.69, 9.17) is 10.5 Å². The Hall–Kier alpha value is -1.59. The summed E-state index contributed by atoms with van der Waals surface area (Å²) in [5, 5.41) is 0. The van der Waals surface area contributed by atoms with E-state index in [1.54, 1.807) is 6.92 Å². The zero-order valence-electron chi connectivity index (χ0n) is 8.56. The van der Waals surface area contributed by atoms with Gasteiger partial charge in [-0.1, -0.05) is 6.92 Å². The van der Waals surface area contributed by atoms with Crippen LogP contribution in [0.15, 0.2) is 0 Å². The molecule has 84 valence electrons. The van der Waals surface area contributed by atoms with Gasteiger partial charge in [0.05, 0.1) is 19.5 Å². The molecule has 6 heteroatoms. The first-order chi connectivity index (χ1) is 7.02. The van der Waals surface area contributed by atoms with Gasteiger partial charge in [-0.2, -0.15) is 0 Å². The maximum Gasteiger partial charge on any atom is 0.305 e. The van der Waals surface area contributed by atoms with Crippen LogP contribution in [0.2, 0.25) is 0 Å². The molecule has 1 fully saturated rings. The van der Waals surface area contributed by atoms with Crippen molar-refractivity contribution < 1.29 is 19.1 Å². The van der Waals surface area contributed by atoms with Crippen molar-refractivity contribution in [2.45, 2.75) is 25.9 Å². The molecule has 0 spiro atoms. The van der Waals surface area contributed by atoms with Crippen molar-refractivity contribution in [1.82, 2.24) is 4.90 Å². The molecule has 0 aromatic heterocycles.